The van der Waals surface area contributed by atoms with Gasteiger partial charge in [-0.2, -0.15) is 0 Å². The van der Waals surface area contributed by atoms with Crippen molar-refractivity contribution in [3.63, 3.8) is 0 Å². The van der Waals surface area contributed by atoms with Crippen LogP contribution in [0, 0.1) is 0 Å². The summed E-state index contributed by atoms with van der Waals surface area (Å²) < 4.78 is 4.82. The number of carbonyl (C=O) groups excluding carboxylic acids is 2. The summed E-state index contributed by atoms with van der Waals surface area (Å²) in [4.78, 5) is 29.8. The number of nitrogens with zero attached hydrogens (tertiary/aromatic N) is 2. The van der Waals surface area contributed by atoms with Crippen LogP contribution in [0.4, 0.5) is 11.5 Å². The molecule has 120 valence electrons. The highest BCUT2D eigenvalue weighted by Crippen LogP contribution is 2.28. The molecular weight excluding hydrogens is 308 g/mol. The number of rotatable bonds is 3. The van der Waals surface area contributed by atoms with Crippen molar-refractivity contribution in [1.82, 2.24) is 10.3 Å². The third kappa shape index (κ3) is 3.66. The Balaban J connectivity index is 2.35. The van der Waals surface area contributed by atoms with Gasteiger partial charge >= 0.3 is 11.9 Å². The molecule has 1 aromatic rings. The minimum atomic E-state index is -0.905. The molecule has 2 heterocycles. The zero-order valence-corrected chi connectivity index (χ0v) is 13.1. The van der Waals surface area contributed by atoms with Crippen LogP contribution in [-0.4, -0.2) is 42.6 Å². The van der Waals surface area contributed by atoms with Crippen molar-refractivity contribution in [3.05, 3.63) is 17.3 Å². The summed E-state index contributed by atoms with van der Waals surface area (Å²) in [7, 11) is 0. The number of hydrogen-bond donors (Lipinski definition) is 2. The molecule has 0 atom stereocenters. The molecule has 1 aliphatic heterocycles. The van der Waals surface area contributed by atoms with Crippen molar-refractivity contribution in [1.29, 1.82) is 0 Å². The third-order valence-electron chi connectivity index (χ3n) is 3.43. The fourth-order valence-electron chi connectivity index (χ4n) is 2.44. The van der Waals surface area contributed by atoms with E-state index in [0.717, 1.165) is 13.1 Å². The molecule has 1 fully saturated rings. The van der Waals surface area contributed by atoms with Crippen LogP contribution in [0.3, 0.4) is 0 Å². The first-order valence-electron chi connectivity index (χ1n) is 7.16. The zero-order valence-electron chi connectivity index (χ0n) is 12.3. The number of aromatic nitrogens is 1. The quantitative estimate of drug-likeness (QED) is 0.634. The largest absolute Gasteiger partial charge is 0.459 e. The summed E-state index contributed by atoms with van der Waals surface area (Å²) >= 11 is 5.85. The summed E-state index contributed by atoms with van der Waals surface area (Å²) in [6, 6.07) is 1.35. The number of esters is 1. The molecule has 7 nitrogen and oxygen atoms in total. The number of nitrogens with two attached hydrogens (primary N) is 1. The lowest BCUT2D eigenvalue weighted by Crippen LogP contribution is -2.49. The van der Waals surface area contributed by atoms with E-state index < -0.39 is 11.9 Å². The van der Waals surface area contributed by atoms with Crippen molar-refractivity contribution < 1.29 is 14.3 Å². The summed E-state index contributed by atoms with van der Waals surface area (Å²) in [6.07, 6.45) is 2.81. The summed E-state index contributed by atoms with van der Waals surface area (Å²) in [5.41, 5.74) is 6.19. The fraction of sp³-hybridized carbons (Fsp3) is 0.500. The van der Waals surface area contributed by atoms with Gasteiger partial charge in [0.2, 0.25) is 0 Å². The van der Waals surface area contributed by atoms with Crippen LogP contribution in [-0.2, 0) is 14.3 Å². The van der Waals surface area contributed by atoms with E-state index in [1.807, 2.05) is 0 Å². The van der Waals surface area contributed by atoms with Crippen LogP contribution in [0.25, 0.3) is 0 Å². The van der Waals surface area contributed by atoms with Gasteiger partial charge in [0.25, 0.3) is 0 Å². The Morgan fingerprint density at radius 1 is 1.50 bits per heavy atom. The second-order valence-electron chi connectivity index (χ2n) is 4.94. The van der Waals surface area contributed by atoms with E-state index in [-0.39, 0.29) is 24.2 Å². The molecule has 1 aromatic heterocycles. The van der Waals surface area contributed by atoms with Crippen LogP contribution in [0.15, 0.2) is 12.3 Å². The summed E-state index contributed by atoms with van der Waals surface area (Å²) in [6.45, 7) is 3.29. The SMILES string of the molecule is CCOC(=O)C(=O)N(c1ncc(Cl)cc1N)C1CCNCC1. The molecule has 0 radical (unpaired) electrons. The van der Waals surface area contributed by atoms with E-state index in [9.17, 15) is 9.59 Å². The maximum atomic E-state index is 12.5. The molecule has 3 N–H and O–H groups in total. The van der Waals surface area contributed by atoms with E-state index in [4.69, 9.17) is 22.1 Å². The zero-order chi connectivity index (χ0) is 16.1. The Bertz CT molecular complexity index is 561. The average Bonchev–Trinajstić information content (AvgIpc) is 2.51. The predicted molar refractivity (Wildman–Crippen MR) is 83.7 cm³/mol. The van der Waals surface area contributed by atoms with Gasteiger partial charge < -0.3 is 15.8 Å². The number of nitrogen functional groups attached to an aromatic ring is 1. The lowest BCUT2D eigenvalue weighted by atomic mass is 10.0. The Kier molecular flexibility index (Phi) is 5.57. The number of anilines is 2. The van der Waals surface area contributed by atoms with Gasteiger partial charge in [-0.25, -0.2) is 9.78 Å². The van der Waals surface area contributed by atoms with E-state index in [1.165, 1.54) is 17.2 Å². The second kappa shape index (κ2) is 7.42. The van der Waals surface area contributed by atoms with Crippen LogP contribution in [0.1, 0.15) is 19.8 Å². The second-order valence-corrected chi connectivity index (χ2v) is 5.38. The van der Waals surface area contributed by atoms with E-state index >= 15 is 0 Å². The highest BCUT2D eigenvalue weighted by Gasteiger charge is 2.33. The monoisotopic (exact) mass is 326 g/mol. The Morgan fingerprint density at radius 3 is 2.77 bits per heavy atom. The van der Waals surface area contributed by atoms with Crippen molar-refractivity contribution in [2.45, 2.75) is 25.8 Å². The smallest absolute Gasteiger partial charge is 0.397 e. The number of halogens is 1. The lowest BCUT2D eigenvalue weighted by Gasteiger charge is -2.33. The van der Waals surface area contributed by atoms with Gasteiger partial charge in [-0.15, -0.1) is 0 Å². The van der Waals surface area contributed by atoms with Gasteiger partial charge in [0, 0.05) is 12.2 Å². The third-order valence-corrected chi connectivity index (χ3v) is 3.64. The summed E-state index contributed by atoms with van der Waals surface area (Å²) in [5.74, 6) is -1.41. The van der Waals surface area contributed by atoms with Crippen molar-refractivity contribution >= 4 is 35.0 Å². The topological polar surface area (TPSA) is 97.6 Å². The fourth-order valence-corrected chi connectivity index (χ4v) is 2.61. The lowest BCUT2D eigenvalue weighted by molar-refractivity contribution is -0.153. The highest BCUT2D eigenvalue weighted by atomic mass is 35.5. The molecule has 1 aliphatic rings. The average molecular weight is 327 g/mol. The van der Waals surface area contributed by atoms with Gasteiger partial charge in [-0.3, -0.25) is 9.69 Å². The number of hydrogen-bond acceptors (Lipinski definition) is 6. The molecule has 8 heteroatoms. The molecule has 0 saturated carbocycles. The Hall–Kier alpha value is -1.86. The van der Waals surface area contributed by atoms with Crippen LogP contribution in [0.5, 0.6) is 0 Å². The first kappa shape index (κ1) is 16.5. The first-order valence-corrected chi connectivity index (χ1v) is 7.54. The van der Waals surface area contributed by atoms with Crippen molar-refractivity contribution in [2.75, 3.05) is 30.3 Å². The normalized spacial score (nSPS) is 15.4. The first-order chi connectivity index (χ1) is 10.5. The van der Waals surface area contributed by atoms with Crippen LogP contribution >= 0.6 is 11.6 Å². The molecule has 0 spiro atoms. The number of nitrogens with one attached hydrogen (secondary N) is 1. The highest BCUT2D eigenvalue weighted by molar-refractivity contribution is 6.38. The number of pyridine rings is 1. The summed E-state index contributed by atoms with van der Waals surface area (Å²) in [5, 5.41) is 3.58. The van der Waals surface area contributed by atoms with Crippen molar-refractivity contribution in [3.8, 4) is 0 Å². The molecule has 0 unspecified atom stereocenters. The number of carbonyl (C=O) groups is 2. The number of ether oxygens (including phenoxy) is 1. The number of amides is 1. The predicted octanol–water partition coefficient (Wildman–Crippen LogP) is 0.965. The van der Waals surface area contributed by atoms with E-state index in [0.29, 0.717) is 17.9 Å². The Labute approximate surface area is 133 Å². The number of piperidine rings is 1. The van der Waals surface area contributed by atoms with E-state index in [2.05, 4.69) is 10.3 Å². The minimum Gasteiger partial charge on any atom is -0.459 e. The van der Waals surface area contributed by atoms with Gasteiger partial charge in [0.1, 0.15) is 0 Å². The van der Waals surface area contributed by atoms with Gasteiger partial charge in [-0.05, 0) is 38.9 Å². The minimum absolute atomic E-state index is 0.133. The standard InChI is InChI=1S/C14H19ClN4O3/c1-2-22-14(21)13(20)19(10-3-5-17-6-4-10)12-11(16)7-9(15)8-18-12/h7-8,10,17H,2-6,16H2,1H3. The molecule has 22 heavy (non-hydrogen) atoms. The van der Waals surface area contributed by atoms with Gasteiger partial charge in [0.05, 0.1) is 17.3 Å². The van der Waals surface area contributed by atoms with Crippen LogP contribution in [0.2, 0.25) is 5.02 Å². The van der Waals surface area contributed by atoms with Crippen molar-refractivity contribution in [2.24, 2.45) is 0 Å². The van der Waals surface area contributed by atoms with E-state index in [1.54, 1.807) is 6.92 Å². The molecule has 2 rings (SSSR count). The molecule has 0 bridgehead atoms. The molecule has 0 aliphatic carbocycles. The molecule has 1 saturated heterocycles. The van der Waals surface area contributed by atoms with Gasteiger partial charge in [0.15, 0.2) is 5.82 Å². The van der Waals surface area contributed by atoms with Crippen LogP contribution < -0.4 is 16.0 Å². The molecule has 0 aromatic carbocycles. The maximum Gasteiger partial charge on any atom is 0.397 e. The van der Waals surface area contributed by atoms with Gasteiger partial charge in [-0.1, -0.05) is 11.6 Å². The Morgan fingerprint density at radius 2 is 2.18 bits per heavy atom. The molecule has 1 amide bonds. The maximum absolute atomic E-state index is 12.5. The molecular formula is C14H19ClN4O3.